The first-order valence-corrected chi connectivity index (χ1v) is 6.11. The van der Waals surface area contributed by atoms with Gasteiger partial charge in [-0.15, -0.1) is 6.58 Å². The molecule has 3 nitrogen and oxygen atoms in total. The van der Waals surface area contributed by atoms with Crippen molar-refractivity contribution in [1.82, 2.24) is 10.3 Å². The molecule has 2 aromatic rings. The summed E-state index contributed by atoms with van der Waals surface area (Å²) in [5.74, 6) is -0.0306. The van der Waals surface area contributed by atoms with Crippen LogP contribution in [0, 0.1) is 13.8 Å². The second kappa shape index (κ2) is 5.08. The first-order valence-electron chi connectivity index (χ1n) is 6.11. The Hall–Kier alpha value is -2.03. The van der Waals surface area contributed by atoms with Crippen LogP contribution in [0.15, 0.2) is 30.9 Å². The summed E-state index contributed by atoms with van der Waals surface area (Å²) in [6.45, 7) is 8.36. The number of nitrogens with one attached hydrogen (secondary N) is 2. The number of H-pyrrole nitrogens is 1. The van der Waals surface area contributed by atoms with Crippen LogP contribution in [0.3, 0.4) is 0 Å². The van der Waals surface area contributed by atoms with Gasteiger partial charge >= 0.3 is 0 Å². The first-order chi connectivity index (χ1) is 8.63. The van der Waals surface area contributed by atoms with E-state index in [1.807, 2.05) is 25.1 Å². The molecule has 0 aliphatic heterocycles. The number of carbonyl (C=O) groups is 1. The predicted molar refractivity (Wildman–Crippen MR) is 74.9 cm³/mol. The Kier molecular flexibility index (Phi) is 3.51. The molecule has 0 saturated carbocycles. The van der Waals surface area contributed by atoms with Crippen LogP contribution >= 0.6 is 0 Å². The van der Waals surface area contributed by atoms with Crippen molar-refractivity contribution in [3.63, 3.8) is 0 Å². The van der Waals surface area contributed by atoms with E-state index in [9.17, 15) is 4.79 Å². The van der Waals surface area contributed by atoms with Crippen molar-refractivity contribution in [3.8, 4) is 0 Å². The SMILES string of the molecule is C=CCCNC(=O)c1ccc2[nH]c(C)c(C)c2c1. The highest BCUT2D eigenvalue weighted by atomic mass is 16.1. The molecule has 1 aromatic heterocycles. The molecule has 0 bridgehead atoms. The molecule has 0 spiro atoms. The van der Waals surface area contributed by atoms with Crippen molar-refractivity contribution in [1.29, 1.82) is 0 Å². The number of aryl methyl sites for hydroxylation is 2. The number of amides is 1. The van der Waals surface area contributed by atoms with E-state index in [-0.39, 0.29) is 5.91 Å². The van der Waals surface area contributed by atoms with Gasteiger partial charge in [0.1, 0.15) is 0 Å². The predicted octanol–water partition coefficient (Wildman–Crippen LogP) is 3.09. The Morgan fingerprint density at radius 2 is 2.22 bits per heavy atom. The highest BCUT2D eigenvalue weighted by molar-refractivity contribution is 5.99. The highest BCUT2D eigenvalue weighted by Crippen LogP contribution is 2.22. The molecular weight excluding hydrogens is 224 g/mol. The number of benzene rings is 1. The summed E-state index contributed by atoms with van der Waals surface area (Å²) in [5.41, 5.74) is 4.13. The van der Waals surface area contributed by atoms with Gasteiger partial charge in [-0.25, -0.2) is 0 Å². The minimum Gasteiger partial charge on any atom is -0.358 e. The van der Waals surface area contributed by atoms with Gasteiger partial charge in [0, 0.05) is 28.7 Å². The third-order valence-electron chi connectivity index (χ3n) is 3.20. The molecule has 0 fully saturated rings. The summed E-state index contributed by atoms with van der Waals surface area (Å²) < 4.78 is 0. The maximum Gasteiger partial charge on any atom is 0.251 e. The fourth-order valence-electron chi connectivity index (χ4n) is 1.99. The van der Waals surface area contributed by atoms with Crippen molar-refractivity contribution < 1.29 is 4.79 Å². The van der Waals surface area contributed by atoms with Gasteiger partial charge in [0.15, 0.2) is 0 Å². The molecule has 94 valence electrons. The lowest BCUT2D eigenvalue weighted by Crippen LogP contribution is -2.23. The molecule has 3 heteroatoms. The van der Waals surface area contributed by atoms with Crippen molar-refractivity contribution in [2.45, 2.75) is 20.3 Å². The Bertz CT molecular complexity index is 596. The Morgan fingerprint density at radius 3 is 2.94 bits per heavy atom. The summed E-state index contributed by atoms with van der Waals surface area (Å²) in [4.78, 5) is 15.2. The number of hydrogen-bond acceptors (Lipinski definition) is 1. The second-order valence-electron chi connectivity index (χ2n) is 4.47. The second-order valence-corrected chi connectivity index (χ2v) is 4.47. The van der Waals surface area contributed by atoms with Gasteiger partial charge in [0.25, 0.3) is 5.91 Å². The lowest BCUT2D eigenvalue weighted by Gasteiger charge is -2.04. The third-order valence-corrected chi connectivity index (χ3v) is 3.20. The molecule has 1 amide bonds. The fraction of sp³-hybridized carbons (Fsp3) is 0.267. The zero-order valence-corrected chi connectivity index (χ0v) is 10.8. The van der Waals surface area contributed by atoms with Crippen molar-refractivity contribution in [2.24, 2.45) is 0 Å². The summed E-state index contributed by atoms with van der Waals surface area (Å²) in [5, 5.41) is 3.99. The molecule has 0 aliphatic carbocycles. The van der Waals surface area contributed by atoms with Gasteiger partial charge in [0.05, 0.1) is 0 Å². The topological polar surface area (TPSA) is 44.9 Å². The number of aromatic amines is 1. The first kappa shape index (κ1) is 12.4. The molecule has 1 aromatic carbocycles. The average molecular weight is 242 g/mol. The largest absolute Gasteiger partial charge is 0.358 e. The lowest BCUT2D eigenvalue weighted by molar-refractivity contribution is 0.0954. The van der Waals surface area contributed by atoms with Gasteiger partial charge in [-0.05, 0) is 44.0 Å². The van der Waals surface area contributed by atoms with Crippen LogP contribution in [0.2, 0.25) is 0 Å². The summed E-state index contributed by atoms with van der Waals surface area (Å²) in [7, 11) is 0. The Balaban J connectivity index is 2.26. The average Bonchev–Trinajstić information content (AvgIpc) is 2.65. The minimum atomic E-state index is -0.0306. The van der Waals surface area contributed by atoms with Crippen LogP contribution in [0.25, 0.3) is 10.9 Å². The Morgan fingerprint density at radius 1 is 1.44 bits per heavy atom. The molecule has 0 unspecified atom stereocenters. The monoisotopic (exact) mass is 242 g/mol. The van der Waals surface area contributed by atoms with Crippen LogP contribution in [-0.2, 0) is 0 Å². The molecule has 0 atom stereocenters. The van der Waals surface area contributed by atoms with Gasteiger partial charge < -0.3 is 10.3 Å². The normalized spacial score (nSPS) is 10.6. The number of carbonyl (C=O) groups excluding carboxylic acids is 1. The number of fused-ring (bicyclic) bond motifs is 1. The van der Waals surface area contributed by atoms with E-state index in [0.29, 0.717) is 12.1 Å². The molecule has 0 aliphatic rings. The van der Waals surface area contributed by atoms with Crippen molar-refractivity contribution in [3.05, 3.63) is 47.7 Å². The molecule has 1 heterocycles. The number of aromatic nitrogens is 1. The van der Waals surface area contributed by atoms with E-state index in [1.54, 1.807) is 6.08 Å². The standard InChI is InChI=1S/C15H18N2O/c1-4-5-8-16-15(18)12-6-7-14-13(9-12)10(2)11(3)17-14/h4,6-7,9,17H,1,5,8H2,2-3H3,(H,16,18). The minimum absolute atomic E-state index is 0.0306. The number of hydrogen-bond donors (Lipinski definition) is 2. The molecule has 2 rings (SSSR count). The van der Waals surface area contributed by atoms with Gasteiger partial charge in [-0.3, -0.25) is 4.79 Å². The quantitative estimate of drug-likeness (QED) is 0.628. The maximum atomic E-state index is 11.9. The van der Waals surface area contributed by atoms with Crippen LogP contribution in [-0.4, -0.2) is 17.4 Å². The molecular formula is C15H18N2O. The van der Waals surface area contributed by atoms with Crippen LogP contribution in [0.1, 0.15) is 28.0 Å². The summed E-state index contributed by atoms with van der Waals surface area (Å²) in [6, 6.07) is 5.75. The van der Waals surface area contributed by atoms with Crippen LogP contribution in [0.5, 0.6) is 0 Å². The molecule has 2 N–H and O–H groups in total. The van der Waals surface area contributed by atoms with Gasteiger partial charge in [-0.2, -0.15) is 0 Å². The van der Waals surface area contributed by atoms with E-state index in [1.165, 1.54) is 5.56 Å². The van der Waals surface area contributed by atoms with Crippen molar-refractivity contribution >= 4 is 16.8 Å². The zero-order valence-electron chi connectivity index (χ0n) is 10.8. The third kappa shape index (κ3) is 2.30. The summed E-state index contributed by atoms with van der Waals surface area (Å²) >= 11 is 0. The highest BCUT2D eigenvalue weighted by Gasteiger charge is 2.09. The van der Waals surface area contributed by atoms with E-state index in [4.69, 9.17) is 0 Å². The molecule has 0 saturated heterocycles. The van der Waals surface area contributed by atoms with E-state index < -0.39 is 0 Å². The lowest BCUT2D eigenvalue weighted by atomic mass is 10.1. The fourth-order valence-corrected chi connectivity index (χ4v) is 1.99. The van der Waals surface area contributed by atoms with E-state index in [0.717, 1.165) is 23.0 Å². The van der Waals surface area contributed by atoms with Gasteiger partial charge in [-0.1, -0.05) is 6.08 Å². The van der Waals surface area contributed by atoms with E-state index in [2.05, 4.69) is 23.8 Å². The maximum absolute atomic E-state index is 11.9. The van der Waals surface area contributed by atoms with Crippen LogP contribution in [0.4, 0.5) is 0 Å². The smallest absolute Gasteiger partial charge is 0.251 e. The van der Waals surface area contributed by atoms with Crippen LogP contribution < -0.4 is 5.32 Å². The summed E-state index contributed by atoms with van der Waals surface area (Å²) in [6.07, 6.45) is 2.58. The van der Waals surface area contributed by atoms with Crippen molar-refractivity contribution in [2.75, 3.05) is 6.54 Å². The number of rotatable bonds is 4. The van der Waals surface area contributed by atoms with Gasteiger partial charge in [0.2, 0.25) is 0 Å². The molecule has 18 heavy (non-hydrogen) atoms. The Labute approximate surface area is 107 Å². The molecule has 0 radical (unpaired) electrons. The zero-order chi connectivity index (χ0) is 13.1. The van der Waals surface area contributed by atoms with E-state index >= 15 is 0 Å².